The Kier molecular flexibility index (Phi) is 14.5. The van der Waals surface area contributed by atoms with E-state index in [0.717, 1.165) is 16.7 Å². The first-order valence-corrected chi connectivity index (χ1v) is 19.1. The van der Waals surface area contributed by atoms with Crippen LogP contribution in [0.1, 0.15) is 59.5 Å². The molecule has 4 atom stereocenters. The van der Waals surface area contributed by atoms with Crippen molar-refractivity contribution in [2.45, 2.75) is 70.1 Å². The summed E-state index contributed by atoms with van der Waals surface area (Å²) in [6.07, 6.45) is 0.438. The number of para-hydroxylation sites is 2. The lowest BCUT2D eigenvalue weighted by atomic mass is 9.89. The van der Waals surface area contributed by atoms with Crippen LogP contribution in [-0.2, 0) is 43.6 Å². The van der Waals surface area contributed by atoms with Gasteiger partial charge in [-0.1, -0.05) is 110 Å². The number of alkyl carbamates (subject to hydrolysis) is 1. The molecular formula is C44H48N4O8. The molecule has 1 fully saturated rings. The number of carbonyl (C=O) groups excluding carboxylic acids is 4. The van der Waals surface area contributed by atoms with Crippen LogP contribution in [0.25, 0.3) is 11.1 Å². The molecule has 0 radical (unpaired) electrons. The summed E-state index contributed by atoms with van der Waals surface area (Å²) in [6, 6.07) is 33.2. The number of hydrogen-bond acceptors (Lipinski definition) is 10. The number of benzene rings is 4. The predicted molar refractivity (Wildman–Crippen MR) is 209 cm³/mol. The molecule has 12 nitrogen and oxygen atoms in total. The summed E-state index contributed by atoms with van der Waals surface area (Å²) in [5, 5.41) is 2.69. The van der Waals surface area contributed by atoms with E-state index in [4.69, 9.17) is 24.4 Å². The van der Waals surface area contributed by atoms with Gasteiger partial charge in [-0.3, -0.25) is 14.4 Å². The molecule has 1 aromatic heterocycles. The van der Waals surface area contributed by atoms with E-state index in [-0.39, 0.29) is 63.3 Å². The van der Waals surface area contributed by atoms with Crippen LogP contribution in [0.3, 0.4) is 0 Å². The number of fused-ring (bicyclic) bond motifs is 1. The third-order valence-corrected chi connectivity index (χ3v) is 9.77. The number of amides is 2. The zero-order valence-corrected chi connectivity index (χ0v) is 31.3. The van der Waals surface area contributed by atoms with E-state index in [0.29, 0.717) is 36.9 Å². The molecule has 0 saturated carbocycles. The molecule has 1 saturated heterocycles. The molecule has 6 rings (SSSR count). The van der Waals surface area contributed by atoms with Crippen molar-refractivity contribution >= 4 is 34.7 Å². The van der Waals surface area contributed by atoms with Crippen LogP contribution in [0.4, 0.5) is 4.79 Å². The Morgan fingerprint density at radius 3 is 2.09 bits per heavy atom. The van der Waals surface area contributed by atoms with Crippen molar-refractivity contribution in [1.29, 1.82) is 0 Å². The smallest absolute Gasteiger partial charge is 0.408 e. The molecule has 0 aliphatic carbocycles. The number of nitrogens with zero attached hydrogens (tertiary/aromatic N) is 2. The van der Waals surface area contributed by atoms with Gasteiger partial charge in [0.1, 0.15) is 18.2 Å². The zero-order chi connectivity index (χ0) is 39.1. The van der Waals surface area contributed by atoms with Gasteiger partial charge in [0.25, 0.3) is 5.89 Å². The Balaban J connectivity index is 1.22. The molecule has 2 heterocycles. The number of hydrogen-bond donors (Lipinski definition) is 2. The lowest BCUT2D eigenvalue weighted by Crippen LogP contribution is -2.54. The summed E-state index contributed by atoms with van der Waals surface area (Å²) >= 11 is 0. The number of carbonyl (C=O) groups is 4. The average molecular weight is 761 g/mol. The van der Waals surface area contributed by atoms with Gasteiger partial charge >= 0.3 is 6.09 Å². The van der Waals surface area contributed by atoms with E-state index in [2.05, 4.69) is 10.3 Å². The lowest BCUT2D eigenvalue weighted by molar-refractivity contribution is -0.141. The first kappa shape index (κ1) is 40.0. The van der Waals surface area contributed by atoms with Crippen molar-refractivity contribution in [3.63, 3.8) is 0 Å². The topological polar surface area (TPSA) is 163 Å². The normalized spacial score (nSPS) is 16.3. The van der Waals surface area contributed by atoms with E-state index in [1.807, 2.05) is 91.0 Å². The van der Waals surface area contributed by atoms with Gasteiger partial charge in [0.05, 0.1) is 32.0 Å². The van der Waals surface area contributed by atoms with Crippen LogP contribution in [0, 0.1) is 5.92 Å². The van der Waals surface area contributed by atoms with Gasteiger partial charge in [-0.15, -0.1) is 0 Å². The Morgan fingerprint density at radius 1 is 0.804 bits per heavy atom. The maximum atomic E-state index is 14.5. The molecule has 3 N–H and O–H groups in total. The van der Waals surface area contributed by atoms with Crippen LogP contribution in [0.5, 0.6) is 0 Å². The highest BCUT2D eigenvalue weighted by molar-refractivity contribution is 6.00. The summed E-state index contributed by atoms with van der Waals surface area (Å²) in [5.74, 6) is -2.02. The van der Waals surface area contributed by atoms with E-state index in [1.54, 1.807) is 24.3 Å². The van der Waals surface area contributed by atoms with Crippen LogP contribution < -0.4 is 11.1 Å². The number of unbranched alkanes of at least 4 members (excludes halogenated alkanes) is 1. The molecule has 56 heavy (non-hydrogen) atoms. The largest absolute Gasteiger partial charge is 0.445 e. The minimum absolute atomic E-state index is 0.00164. The Bertz CT molecular complexity index is 1990. The average Bonchev–Trinajstić information content (AvgIpc) is 3.87. The van der Waals surface area contributed by atoms with Gasteiger partial charge in [-0.25, -0.2) is 9.78 Å². The Labute approximate surface area is 326 Å². The summed E-state index contributed by atoms with van der Waals surface area (Å²) < 4.78 is 23.5. The van der Waals surface area contributed by atoms with E-state index in [9.17, 15) is 19.2 Å². The van der Waals surface area contributed by atoms with Crippen molar-refractivity contribution in [3.8, 4) is 0 Å². The van der Waals surface area contributed by atoms with Crippen molar-refractivity contribution < 1.29 is 37.8 Å². The number of rotatable bonds is 20. The van der Waals surface area contributed by atoms with Crippen LogP contribution in [0.15, 0.2) is 120 Å². The summed E-state index contributed by atoms with van der Waals surface area (Å²) in [6.45, 7) is 0.822. The van der Waals surface area contributed by atoms with Crippen molar-refractivity contribution in [2.75, 3.05) is 19.7 Å². The Hall–Kier alpha value is -5.69. The second-order valence-corrected chi connectivity index (χ2v) is 13.9. The van der Waals surface area contributed by atoms with E-state index >= 15 is 0 Å². The highest BCUT2D eigenvalue weighted by Gasteiger charge is 2.43. The van der Waals surface area contributed by atoms with Crippen LogP contribution in [-0.4, -0.2) is 71.3 Å². The van der Waals surface area contributed by atoms with Crippen LogP contribution >= 0.6 is 0 Å². The molecule has 4 aromatic carbocycles. The molecule has 292 valence electrons. The zero-order valence-electron chi connectivity index (χ0n) is 31.3. The number of nitrogens with one attached hydrogen (secondary N) is 1. The molecule has 1 aliphatic heterocycles. The fourth-order valence-corrected chi connectivity index (χ4v) is 6.80. The van der Waals surface area contributed by atoms with Crippen molar-refractivity contribution in [2.24, 2.45) is 11.7 Å². The van der Waals surface area contributed by atoms with E-state index in [1.165, 1.54) is 4.90 Å². The monoisotopic (exact) mass is 760 g/mol. The molecule has 1 aliphatic rings. The van der Waals surface area contributed by atoms with Crippen molar-refractivity contribution in [3.05, 3.63) is 138 Å². The quantitative estimate of drug-likeness (QED) is 0.0669. The molecule has 2 amide bonds. The van der Waals surface area contributed by atoms with Gasteiger partial charge < -0.3 is 34.6 Å². The first-order chi connectivity index (χ1) is 27.4. The molecular weight excluding hydrogens is 713 g/mol. The summed E-state index contributed by atoms with van der Waals surface area (Å²) in [7, 11) is 0. The van der Waals surface area contributed by atoms with Gasteiger partial charge in [-0.05, 0) is 48.2 Å². The number of ether oxygens (including phenoxy) is 3. The first-order valence-electron chi connectivity index (χ1n) is 19.1. The lowest BCUT2D eigenvalue weighted by Gasteiger charge is -2.29. The maximum Gasteiger partial charge on any atom is 0.408 e. The third-order valence-electron chi connectivity index (χ3n) is 9.77. The van der Waals surface area contributed by atoms with Crippen molar-refractivity contribution in [1.82, 2.24) is 15.2 Å². The minimum atomic E-state index is -1.19. The standard InChI is InChI=1S/C44H48N4O8/c45-23-13-12-20-34(41(50)42-46-36-21-10-11-22-40(36)56-42)24-39(49)38-25-35(54-28-32-16-6-2-7-17-32)26-48(38)43(51)37(30-53-27-31-14-4-1-5-15-31)47-44(52)55-29-33-18-8-3-9-19-33/h1-11,14-19,21-22,34-35,37-38H,12-13,20,23-30,45H2,(H,47,52)/t34-,35-,37-,38+/m1/s1. The fourth-order valence-electron chi connectivity index (χ4n) is 6.80. The Morgan fingerprint density at radius 2 is 1.43 bits per heavy atom. The van der Waals surface area contributed by atoms with Gasteiger partial charge in [0.15, 0.2) is 11.4 Å². The second kappa shape index (κ2) is 20.3. The predicted octanol–water partition coefficient (Wildman–Crippen LogP) is 6.41. The highest BCUT2D eigenvalue weighted by atomic mass is 16.5. The number of oxazole rings is 1. The maximum absolute atomic E-state index is 14.5. The molecule has 12 heteroatoms. The number of likely N-dealkylation sites (tertiary alicyclic amines) is 1. The van der Waals surface area contributed by atoms with E-state index < -0.39 is 36.1 Å². The number of aromatic nitrogens is 1. The van der Waals surface area contributed by atoms with Crippen LogP contribution in [0.2, 0.25) is 0 Å². The molecule has 5 aromatic rings. The fraction of sp³-hybridized carbons (Fsp3) is 0.341. The molecule has 0 spiro atoms. The minimum Gasteiger partial charge on any atom is -0.445 e. The molecule has 0 unspecified atom stereocenters. The van der Waals surface area contributed by atoms with Gasteiger partial charge in [0, 0.05) is 25.3 Å². The third kappa shape index (κ3) is 11.2. The number of Topliss-reactive ketones (excluding diaryl/α,β-unsaturated/α-hetero) is 2. The van der Waals surface area contributed by atoms with Gasteiger partial charge in [-0.2, -0.15) is 0 Å². The summed E-state index contributed by atoms with van der Waals surface area (Å²) in [5.41, 5.74) is 9.41. The van der Waals surface area contributed by atoms with Gasteiger partial charge in [0.2, 0.25) is 11.7 Å². The SMILES string of the molecule is NCCCC[C@H](CC(=O)[C@@H]1C[C@@H](OCc2ccccc2)CN1C(=O)[C@@H](COCc1ccccc1)NC(=O)OCc1ccccc1)C(=O)c1nc2ccccc2o1. The number of nitrogens with two attached hydrogens (primary N) is 1. The summed E-state index contributed by atoms with van der Waals surface area (Å²) in [4.78, 5) is 61.9. The highest BCUT2D eigenvalue weighted by Crippen LogP contribution is 2.29. The second-order valence-electron chi connectivity index (χ2n) is 13.9. The molecule has 0 bridgehead atoms. The number of ketones is 2.